The Kier molecular flexibility index (Phi) is 3.38. The first kappa shape index (κ1) is 10.6. The van der Waals surface area contributed by atoms with E-state index >= 15 is 0 Å². The van der Waals surface area contributed by atoms with Crippen LogP contribution in [0.1, 0.15) is 18.7 Å². The smallest absolute Gasteiger partial charge is 0.0744 e. The highest BCUT2D eigenvalue weighted by atomic mass is 35.5. The van der Waals surface area contributed by atoms with Crippen LogP contribution >= 0.6 is 22.9 Å². The molecule has 0 fully saturated rings. The highest BCUT2D eigenvalue weighted by Crippen LogP contribution is 2.19. The summed E-state index contributed by atoms with van der Waals surface area (Å²) in [5.74, 6) is 2.68. The Morgan fingerprint density at radius 3 is 2.85 bits per heavy atom. The minimum Gasteiger partial charge on any atom is -0.297 e. The predicted octanol–water partition coefficient (Wildman–Crippen LogP) is 2.90. The molecule has 13 heavy (non-hydrogen) atoms. The molecular formula is C10H12ClNS. The maximum absolute atomic E-state index is 5.79. The van der Waals surface area contributed by atoms with E-state index in [1.807, 2.05) is 25.3 Å². The van der Waals surface area contributed by atoms with Gasteiger partial charge in [0.05, 0.1) is 10.6 Å². The van der Waals surface area contributed by atoms with Gasteiger partial charge in [-0.25, -0.2) is 0 Å². The molecule has 1 rings (SSSR count). The lowest BCUT2D eigenvalue weighted by Crippen LogP contribution is -2.36. The minimum atomic E-state index is -0.254. The van der Waals surface area contributed by atoms with Crippen molar-refractivity contribution < 1.29 is 0 Å². The highest BCUT2D eigenvalue weighted by Gasteiger charge is 2.12. The summed E-state index contributed by atoms with van der Waals surface area (Å²) in [4.78, 5) is 1.20. The Morgan fingerprint density at radius 2 is 2.38 bits per heavy atom. The number of hydrogen-bond acceptors (Lipinski definition) is 2. The van der Waals surface area contributed by atoms with Gasteiger partial charge in [-0.2, -0.15) is 0 Å². The van der Waals surface area contributed by atoms with E-state index in [1.54, 1.807) is 11.3 Å². The van der Waals surface area contributed by atoms with Crippen molar-refractivity contribution in [3.05, 3.63) is 21.3 Å². The lowest BCUT2D eigenvalue weighted by atomic mass is 10.1. The van der Waals surface area contributed by atoms with Crippen molar-refractivity contribution in [1.29, 1.82) is 0 Å². The summed E-state index contributed by atoms with van der Waals surface area (Å²) >= 11 is 7.42. The van der Waals surface area contributed by atoms with E-state index in [9.17, 15) is 0 Å². The number of rotatable bonds is 3. The van der Waals surface area contributed by atoms with Crippen molar-refractivity contribution in [1.82, 2.24) is 5.32 Å². The number of halogens is 1. The molecule has 0 unspecified atom stereocenters. The summed E-state index contributed by atoms with van der Waals surface area (Å²) < 4.78 is 0. The zero-order chi connectivity index (χ0) is 9.90. The molecule has 0 atom stereocenters. The Labute approximate surface area is 88.1 Å². The van der Waals surface area contributed by atoms with E-state index in [2.05, 4.69) is 11.2 Å². The van der Waals surface area contributed by atoms with Crippen molar-refractivity contribution in [3.8, 4) is 12.3 Å². The summed E-state index contributed by atoms with van der Waals surface area (Å²) in [6.07, 6.45) is 5.34. The second kappa shape index (κ2) is 4.15. The average Bonchev–Trinajstić information content (AvgIpc) is 2.48. The first-order valence-electron chi connectivity index (χ1n) is 3.99. The Morgan fingerprint density at radius 1 is 1.69 bits per heavy atom. The molecule has 0 aliphatic rings. The molecule has 0 aliphatic heterocycles. The van der Waals surface area contributed by atoms with Crippen LogP contribution in [-0.4, -0.2) is 5.54 Å². The average molecular weight is 214 g/mol. The first-order valence-corrected chi connectivity index (χ1v) is 5.25. The fourth-order valence-corrected chi connectivity index (χ4v) is 1.82. The summed E-state index contributed by atoms with van der Waals surface area (Å²) in [5, 5.41) is 5.96. The molecule has 0 amide bonds. The third kappa shape index (κ3) is 3.40. The van der Waals surface area contributed by atoms with Gasteiger partial charge < -0.3 is 0 Å². The summed E-state index contributed by atoms with van der Waals surface area (Å²) in [5.41, 5.74) is -0.254. The molecule has 0 aromatic carbocycles. The van der Waals surface area contributed by atoms with Crippen molar-refractivity contribution >= 4 is 22.9 Å². The maximum atomic E-state index is 5.79. The van der Waals surface area contributed by atoms with E-state index in [0.29, 0.717) is 0 Å². The van der Waals surface area contributed by atoms with Crippen LogP contribution in [0, 0.1) is 12.3 Å². The van der Waals surface area contributed by atoms with Gasteiger partial charge in [0, 0.05) is 16.8 Å². The van der Waals surface area contributed by atoms with E-state index in [1.165, 1.54) is 4.88 Å². The molecule has 0 aliphatic carbocycles. The van der Waals surface area contributed by atoms with Crippen LogP contribution in [-0.2, 0) is 6.54 Å². The van der Waals surface area contributed by atoms with Gasteiger partial charge in [0.15, 0.2) is 0 Å². The molecule has 0 spiro atoms. The van der Waals surface area contributed by atoms with Gasteiger partial charge in [0.2, 0.25) is 0 Å². The standard InChI is InChI=1S/C10H12ClNS/c1-4-10(2,3)12-6-9-5-8(11)7-13-9/h1,5,7,12H,6H2,2-3H3. The van der Waals surface area contributed by atoms with E-state index < -0.39 is 0 Å². The van der Waals surface area contributed by atoms with E-state index in [0.717, 1.165) is 11.6 Å². The van der Waals surface area contributed by atoms with Crippen molar-refractivity contribution in [2.24, 2.45) is 0 Å². The number of nitrogens with one attached hydrogen (secondary N) is 1. The van der Waals surface area contributed by atoms with Gasteiger partial charge in [-0.1, -0.05) is 17.5 Å². The van der Waals surface area contributed by atoms with Crippen LogP contribution in [0.4, 0.5) is 0 Å². The molecule has 0 saturated heterocycles. The van der Waals surface area contributed by atoms with Gasteiger partial charge in [0.25, 0.3) is 0 Å². The third-order valence-corrected chi connectivity index (χ3v) is 2.97. The number of thiophene rings is 1. The molecule has 0 radical (unpaired) electrons. The lowest BCUT2D eigenvalue weighted by Gasteiger charge is -2.18. The monoisotopic (exact) mass is 213 g/mol. The van der Waals surface area contributed by atoms with Gasteiger partial charge in [-0.05, 0) is 19.9 Å². The minimum absolute atomic E-state index is 0.254. The molecule has 3 heteroatoms. The second-order valence-electron chi connectivity index (χ2n) is 3.35. The number of hydrogen-bond donors (Lipinski definition) is 1. The molecule has 1 heterocycles. The van der Waals surface area contributed by atoms with E-state index in [-0.39, 0.29) is 5.54 Å². The van der Waals surface area contributed by atoms with E-state index in [4.69, 9.17) is 18.0 Å². The van der Waals surface area contributed by atoms with Crippen molar-refractivity contribution in [2.75, 3.05) is 0 Å². The molecule has 1 nitrogen and oxygen atoms in total. The van der Waals surface area contributed by atoms with Crippen LogP contribution in [0.15, 0.2) is 11.4 Å². The summed E-state index contributed by atoms with van der Waals surface area (Å²) in [6.45, 7) is 4.72. The van der Waals surface area contributed by atoms with Gasteiger partial charge >= 0.3 is 0 Å². The van der Waals surface area contributed by atoms with Crippen molar-refractivity contribution in [2.45, 2.75) is 25.9 Å². The zero-order valence-electron chi connectivity index (χ0n) is 7.73. The molecular weight excluding hydrogens is 202 g/mol. The van der Waals surface area contributed by atoms with Crippen molar-refractivity contribution in [3.63, 3.8) is 0 Å². The SMILES string of the molecule is C#CC(C)(C)NCc1cc(Cl)cs1. The molecule has 0 saturated carbocycles. The molecule has 1 N–H and O–H groups in total. The Bertz CT molecular complexity index is 322. The largest absolute Gasteiger partial charge is 0.297 e. The molecule has 0 bridgehead atoms. The topological polar surface area (TPSA) is 12.0 Å². The quantitative estimate of drug-likeness (QED) is 0.762. The normalized spacial score (nSPS) is 11.2. The van der Waals surface area contributed by atoms with Gasteiger partial charge in [-0.15, -0.1) is 17.8 Å². The molecule has 1 aromatic heterocycles. The molecule has 1 aromatic rings. The van der Waals surface area contributed by atoms with Crippen LogP contribution in [0.5, 0.6) is 0 Å². The summed E-state index contributed by atoms with van der Waals surface area (Å²) in [6, 6.07) is 1.95. The van der Waals surface area contributed by atoms with Crippen LogP contribution in [0.3, 0.4) is 0 Å². The Hall–Kier alpha value is -0.490. The van der Waals surface area contributed by atoms with Crippen LogP contribution in [0.25, 0.3) is 0 Å². The number of terminal acetylenes is 1. The Balaban J connectivity index is 2.49. The fraction of sp³-hybridized carbons (Fsp3) is 0.400. The highest BCUT2D eigenvalue weighted by molar-refractivity contribution is 7.10. The molecule has 70 valence electrons. The predicted molar refractivity (Wildman–Crippen MR) is 59.1 cm³/mol. The lowest BCUT2D eigenvalue weighted by molar-refractivity contribution is 0.494. The zero-order valence-corrected chi connectivity index (χ0v) is 9.30. The van der Waals surface area contributed by atoms with Gasteiger partial charge in [-0.3, -0.25) is 5.32 Å². The second-order valence-corrected chi connectivity index (χ2v) is 4.79. The maximum Gasteiger partial charge on any atom is 0.0744 e. The fourth-order valence-electron chi connectivity index (χ4n) is 0.806. The summed E-state index contributed by atoms with van der Waals surface area (Å²) in [7, 11) is 0. The van der Waals surface area contributed by atoms with Gasteiger partial charge in [0.1, 0.15) is 0 Å². The van der Waals surface area contributed by atoms with Crippen LogP contribution < -0.4 is 5.32 Å². The van der Waals surface area contributed by atoms with Crippen LogP contribution in [0.2, 0.25) is 5.02 Å². The third-order valence-electron chi connectivity index (χ3n) is 1.69. The first-order chi connectivity index (χ1) is 6.03.